The molecule has 1 aromatic heterocycles. The van der Waals surface area contributed by atoms with Gasteiger partial charge in [0.05, 0.1) is 0 Å². The Labute approximate surface area is 119 Å². The summed E-state index contributed by atoms with van der Waals surface area (Å²) in [4.78, 5) is 12.0. The van der Waals surface area contributed by atoms with Gasteiger partial charge in [0.25, 0.3) is 15.9 Å². The Morgan fingerprint density at radius 2 is 2.10 bits per heavy atom. The summed E-state index contributed by atoms with van der Waals surface area (Å²) in [5.41, 5.74) is 0. The number of nitrogens with one attached hydrogen (secondary N) is 2. The van der Waals surface area contributed by atoms with E-state index in [1.807, 2.05) is 0 Å². The normalized spacial score (nSPS) is 23.5. The molecule has 0 bridgehead atoms. The molecule has 0 spiro atoms. The van der Waals surface area contributed by atoms with Gasteiger partial charge in [-0.05, 0) is 37.9 Å². The monoisotopic (exact) mass is 300 g/mol. The lowest BCUT2D eigenvalue weighted by atomic mass is 9.87. The molecule has 0 unspecified atom stereocenters. The maximum atomic E-state index is 12.0. The summed E-state index contributed by atoms with van der Waals surface area (Å²) < 4.78 is 30.3. The predicted octanol–water partition coefficient (Wildman–Crippen LogP) is 1.50. The largest absolute Gasteiger partial charge is 0.438 e. The molecule has 1 aliphatic rings. The van der Waals surface area contributed by atoms with Gasteiger partial charge in [0, 0.05) is 6.04 Å². The molecule has 112 valence electrons. The van der Waals surface area contributed by atoms with Gasteiger partial charge in [0.2, 0.25) is 5.09 Å². The Morgan fingerprint density at radius 1 is 1.35 bits per heavy atom. The molecular formula is C13H20N2O4S. The van der Waals surface area contributed by atoms with Gasteiger partial charge in [-0.3, -0.25) is 4.79 Å². The molecule has 0 aromatic carbocycles. The second-order valence-electron chi connectivity index (χ2n) is 5.27. The standard InChI is InChI=1S/C13H20N2O4S/c1-9-4-3-5-10(8-9)15-13(16)11-6-7-12(19-11)20(17,18)14-2/h6-7,9-10,14H,3-5,8H2,1-2H3,(H,15,16)/t9-,10-/m1/s1. The molecule has 0 saturated heterocycles. The third-order valence-electron chi connectivity index (χ3n) is 3.61. The van der Waals surface area contributed by atoms with Crippen LogP contribution in [0.25, 0.3) is 0 Å². The zero-order valence-electron chi connectivity index (χ0n) is 11.7. The molecule has 7 heteroatoms. The molecule has 1 amide bonds. The molecule has 1 heterocycles. The van der Waals surface area contributed by atoms with E-state index in [1.54, 1.807) is 0 Å². The van der Waals surface area contributed by atoms with Crippen LogP contribution in [0.2, 0.25) is 0 Å². The van der Waals surface area contributed by atoms with E-state index in [0.717, 1.165) is 19.3 Å². The highest BCUT2D eigenvalue weighted by molar-refractivity contribution is 7.89. The van der Waals surface area contributed by atoms with E-state index in [-0.39, 0.29) is 22.8 Å². The van der Waals surface area contributed by atoms with E-state index in [0.29, 0.717) is 5.92 Å². The van der Waals surface area contributed by atoms with Crippen LogP contribution in [-0.4, -0.2) is 27.4 Å². The molecule has 2 rings (SSSR count). The Bertz CT molecular complexity index is 579. The Kier molecular flexibility index (Phi) is 4.49. The van der Waals surface area contributed by atoms with Crippen LogP contribution in [0.3, 0.4) is 0 Å². The van der Waals surface area contributed by atoms with Gasteiger partial charge in [-0.15, -0.1) is 0 Å². The Morgan fingerprint density at radius 3 is 2.75 bits per heavy atom. The minimum atomic E-state index is -3.65. The average Bonchev–Trinajstić information content (AvgIpc) is 2.89. The van der Waals surface area contributed by atoms with Crippen molar-refractivity contribution >= 4 is 15.9 Å². The van der Waals surface area contributed by atoms with Gasteiger partial charge in [-0.2, -0.15) is 0 Å². The third-order valence-corrected chi connectivity index (χ3v) is 4.90. The van der Waals surface area contributed by atoms with Gasteiger partial charge < -0.3 is 9.73 Å². The number of amides is 1. The lowest BCUT2D eigenvalue weighted by molar-refractivity contribution is 0.0888. The smallest absolute Gasteiger partial charge is 0.287 e. The van der Waals surface area contributed by atoms with Crippen molar-refractivity contribution in [1.82, 2.24) is 10.0 Å². The molecule has 2 atom stereocenters. The zero-order valence-corrected chi connectivity index (χ0v) is 12.5. The number of furan rings is 1. The van der Waals surface area contributed by atoms with E-state index in [9.17, 15) is 13.2 Å². The van der Waals surface area contributed by atoms with Gasteiger partial charge in [-0.25, -0.2) is 13.1 Å². The van der Waals surface area contributed by atoms with Crippen LogP contribution in [0.5, 0.6) is 0 Å². The first-order chi connectivity index (χ1) is 9.42. The van der Waals surface area contributed by atoms with E-state index in [2.05, 4.69) is 17.0 Å². The fraction of sp³-hybridized carbons (Fsp3) is 0.615. The van der Waals surface area contributed by atoms with Crippen molar-refractivity contribution in [3.05, 3.63) is 17.9 Å². The van der Waals surface area contributed by atoms with E-state index < -0.39 is 10.0 Å². The first kappa shape index (κ1) is 15.1. The highest BCUT2D eigenvalue weighted by Crippen LogP contribution is 2.24. The van der Waals surface area contributed by atoms with Crippen molar-refractivity contribution in [2.45, 2.75) is 43.7 Å². The molecule has 0 radical (unpaired) electrons. The van der Waals surface area contributed by atoms with Gasteiger partial charge in [0.1, 0.15) is 0 Å². The van der Waals surface area contributed by atoms with Crippen LogP contribution in [0.4, 0.5) is 0 Å². The molecular weight excluding hydrogens is 280 g/mol. The summed E-state index contributed by atoms with van der Waals surface area (Å²) in [5, 5.41) is 2.65. The summed E-state index contributed by atoms with van der Waals surface area (Å²) in [6, 6.07) is 2.80. The zero-order chi connectivity index (χ0) is 14.8. The van der Waals surface area contributed by atoms with Crippen LogP contribution < -0.4 is 10.0 Å². The molecule has 1 saturated carbocycles. The first-order valence-corrected chi connectivity index (χ1v) is 8.25. The molecule has 6 nitrogen and oxygen atoms in total. The molecule has 0 aliphatic heterocycles. The summed E-state index contributed by atoms with van der Waals surface area (Å²) >= 11 is 0. The second-order valence-corrected chi connectivity index (χ2v) is 7.09. The highest BCUT2D eigenvalue weighted by Gasteiger charge is 2.24. The van der Waals surface area contributed by atoms with Crippen LogP contribution in [0.15, 0.2) is 21.6 Å². The van der Waals surface area contributed by atoms with Crippen LogP contribution in [0, 0.1) is 5.92 Å². The number of hydrogen-bond acceptors (Lipinski definition) is 4. The van der Waals surface area contributed by atoms with E-state index in [1.165, 1.54) is 25.6 Å². The highest BCUT2D eigenvalue weighted by atomic mass is 32.2. The summed E-state index contributed by atoms with van der Waals surface area (Å²) in [5.74, 6) is 0.268. The number of carbonyl (C=O) groups excluding carboxylic acids is 1. The molecule has 20 heavy (non-hydrogen) atoms. The SMILES string of the molecule is CNS(=O)(=O)c1ccc(C(=O)N[C@@H]2CCC[C@@H](C)C2)o1. The second kappa shape index (κ2) is 5.97. The van der Waals surface area contributed by atoms with E-state index >= 15 is 0 Å². The predicted molar refractivity (Wildman–Crippen MR) is 73.8 cm³/mol. The quantitative estimate of drug-likeness (QED) is 0.882. The Balaban J connectivity index is 2.03. The fourth-order valence-electron chi connectivity index (χ4n) is 2.51. The van der Waals surface area contributed by atoms with Crippen LogP contribution >= 0.6 is 0 Å². The number of sulfonamides is 1. The van der Waals surface area contributed by atoms with Crippen molar-refractivity contribution in [2.75, 3.05) is 7.05 Å². The summed E-state index contributed by atoms with van der Waals surface area (Å²) in [7, 11) is -2.36. The van der Waals surface area contributed by atoms with Crippen molar-refractivity contribution in [3.63, 3.8) is 0 Å². The van der Waals surface area contributed by atoms with Gasteiger partial charge in [-0.1, -0.05) is 19.8 Å². The van der Waals surface area contributed by atoms with Gasteiger partial charge in [0.15, 0.2) is 5.76 Å². The van der Waals surface area contributed by atoms with Crippen LogP contribution in [0.1, 0.15) is 43.2 Å². The van der Waals surface area contributed by atoms with E-state index in [4.69, 9.17) is 4.42 Å². The first-order valence-electron chi connectivity index (χ1n) is 6.76. The molecule has 1 fully saturated rings. The topological polar surface area (TPSA) is 88.4 Å². The third kappa shape index (κ3) is 3.40. The van der Waals surface area contributed by atoms with Crippen molar-refractivity contribution < 1.29 is 17.6 Å². The average molecular weight is 300 g/mol. The summed E-state index contributed by atoms with van der Waals surface area (Å²) in [6.45, 7) is 2.17. The van der Waals surface area contributed by atoms with Crippen LogP contribution in [-0.2, 0) is 10.0 Å². The molecule has 2 N–H and O–H groups in total. The molecule has 1 aliphatic carbocycles. The minimum absolute atomic E-state index is 0.0250. The lowest BCUT2D eigenvalue weighted by Crippen LogP contribution is -2.37. The number of hydrogen-bond donors (Lipinski definition) is 2. The van der Waals surface area contributed by atoms with Crippen molar-refractivity contribution in [3.8, 4) is 0 Å². The number of carbonyl (C=O) groups is 1. The van der Waals surface area contributed by atoms with Gasteiger partial charge >= 0.3 is 0 Å². The maximum absolute atomic E-state index is 12.0. The fourth-order valence-corrected chi connectivity index (χ4v) is 3.16. The molecule has 1 aromatic rings. The van der Waals surface area contributed by atoms with Crippen molar-refractivity contribution in [1.29, 1.82) is 0 Å². The maximum Gasteiger partial charge on any atom is 0.287 e. The number of rotatable bonds is 4. The lowest BCUT2D eigenvalue weighted by Gasteiger charge is -2.27. The summed E-state index contributed by atoms with van der Waals surface area (Å²) in [6.07, 6.45) is 4.20. The van der Waals surface area contributed by atoms with Crippen molar-refractivity contribution in [2.24, 2.45) is 5.92 Å². The Hall–Kier alpha value is -1.34. The minimum Gasteiger partial charge on any atom is -0.438 e.